The molecule has 4 nitrogen and oxygen atoms in total. The van der Waals surface area contributed by atoms with Gasteiger partial charge < -0.3 is 19.9 Å². The van der Waals surface area contributed by atoms with Crippen molar-refractivity contribution in [2.45, 2.75) is 31.0 Å². The normalized spacial score (nSPS) is 21.4. The summed E-state index contributed by atoms with van der Waals surface area (Å²) in [5.74, 6) is 0. The predicted molar refractivity (Wildman–Crippen MR) is 94.1 cm³/mol. The molecule has 2 N–H and O–H groups in total. The Labute approximate surface area is 141 Å². The summed E-state index contributed by atoms with van der Waals surface area (Å²) in [6.45, 7) is 2.90. The fraction of sp³-hybridized carbons (Fsp3) is 0.556. The number of unbranched alkanes of at least 4 members (excludes halogenated alkanes) is 1. The van der Waals surface area contributed by atoms with E-state index in [4.69, 9.17) is 9.47 Å². The molecule has 5 heteroatoms. The van der Waals surface area contributed by atoms with Gasteiger partial charge in [-0.3, -0.25) is 0 Å². The Morgan fingerprint density at radius 3 is 3.09 bits per heavy atom. The summed E-state index contributed by atoms with van der Waals surface area (Å²) in [5, 5.41) is 18.2. The third-order valence-electron chi connectivity index (χ3n) is 4.56. The fourth-order valence-electron chi connectivity index (χ4n) is 3.32. The van der Waals surface area contributed by atoms with E-state index in [2.05, 4.69) is 22.8 Å². The lowest BCUT2D eigenvalue weighted by Crippen LogP contribution is -2.51. The Morgan fingerprint density at radius 1 is 1.39 bits per heavy atom. The number of aliphatic hydroxyl groups is 1. The zero-order chi connectivity index (χ0) is 16.1. The molecule has 126 valence electrons. The monoisotopic (exact) mass is 335 g/mol. The van der Waals surface area contributed by atoms with E-state index in [1.807, 2.05) is 12.1 Å². The Bertz CT molecular complexity index is 624. The van der Waals surface area contributed by atoms with Crippen LogP contribution in [0.3, 0.4) is 0 Å². The molecule has 2 atom stereocenters. The van der Waals surface area contributed by atoms with Gasteiger partial charge >= 0.3 is 0 Å². The Hall–Kier alpha value is -0.980. The van der Waals surface area contributed by atoms with Gasteiger partial charge in [0.05, 0.1) is 6.61 Å². The molecule has 0 aliphatic carbocycles. The van der Waals surface area contributed by atoms with E-state index in [1.54, 1.807) is 18.4 Å². The van der Waals surface area contributed by atoms with Crippen LogP contribution in [0.25, 0.3) is 10.1 Å². The number of rotatable bonds is 7. The standard InChI is InChI=1S/C18H25NO3S/c1-21-10-3-2-8-18(20,16-13-19-9-11-22-16)15-6-4-5-14-7-12-23-17(14)15/h4-7,12,16,19-20H,2-3,8-11,13H2,1H3/t16-,18+/m1/s1. The van der Waals surface area contributed by atoms with E-state index in [9.17, 15) is 5.11 Å². The van der Waals surface area contributed by atoms with E-state index in [0.29, 0.717) is 19.6 Å². The summed E-state index contributed by atoms with van der Waals surface area (Å²) < 4.78 is 12.2. The molecule has 1 aliphatic rings. The third-order valence-corrected chi connectivity index (χ3v) is 5.53. The molecule has 2 heterocycles. The molecule has 0 radical (unpaired) electrons. The largest absolute Gasteiger partial charge is 0.385 e. The Kier molecular flexibility index (Phi) is 5.67. The summed E-state index contributed by atoms with van der Waals surface area (Å²) in [5.41, 5.74) is 0.0297. The Balaban J connectivity index is 1.91. The van der Waals surface area contributed by atoms with Crippen LogP contribution in [0.1, 0.15) is 24.8 Å². The van der Waals surface area contributed by atoms with Gasteiger partial charge in [-0.1, -0.05) is 18.2 Å². The van der Waals surface area contributed by atoms with Gasteiger partial charge in [0.1, 0.15) is 11.7 Å². The molecule has 0 amide bonds. The summed E-state index contributed by atoms with van der Waals surface area (Å²) in [6, 6.07) is 8.28. The van der Waals surface area contributed by atoms with Gasteiger partial charge in [-0.05, 0) is 36.1 Å². The van der Waals surface area contributed by atoms with Gasteiger partial charge in [-0.25, -0.2) is 0 Å². The molecule has 1 fully saturated rings. The minimum Gasteiger partial charge on any atom is -0.385 e. The van der Waals surface area contributed by atoms with Crippen molar-refractivity contribution >= 4 is 21.4 Å². The number of benzene rings is 1. The molecule has 1 aliphatic heterocycles. The molecule has 1 aromatic heterocycles. The third kappa shape index (κ3) is 3.59. The quantitative estimate of drug-likeness (QED) is 0.764. The first kappa shape index (κ1) is 16.9. The first-order chi connectivity index (χ1) is 11.3. The van der Waals surface area contributed by atoms with Gasteiger partial charge in [0.2, 0.25) is 0 Å². The molecule has 0 spiro atoms. The number of hydrogen-bond donors (Lipinski definition) is 2. The maximum absolute atomic E-state index is 11.6. The van der Waals surface area contributed by atoms with Crippen molar-refractivity contribution in [2.75, 3.05) is 33.4 Å². The average Bonchev–Trinajstić information content (AvgIpc) is 3.08. The average molecular weight is 335 g/mol. The smallest absolute Gasteiger partial charge is 0.118 e. The summed E-state index contributed by atoms with van der Waals surface area (Å²) in [4.78, 5) is 0. The van der Waals surface area contributed by atoms with Gasteiger partial charge in [0, 0.05) is 37.1 Å². The van der Waals surface area contributed by atoms with Crippen molar-refractivity contribution in [1.29, 1.82) is 0 Å². The lowest BCUT2D eigenvalue weighted by molar-refractivity contribution is -0.129. The van der Waals surface area contributed by atoms with Crippen molar-refractivity contribution in [3.05, 3.63) is 35.2 Å². The lowest BCUT2D eigenvalue weighted by atomic mass is 9.82. The van der Waals surface area contributed by atoms with Crippen molar-refractivity contribution in [3.8, 4) is 0 Å². The summed E-state index contributed by atoms with van der Waals surface area (Å²) >= 11 is 1.69. The van der Waals surface area contributed by atoms with Crippen molar-refractivity contribution in [1.82, 2.24) is 5.32 Å². The molecule has 23 heavy (non-hydrogen) atoms. The van der Waals surface area contributed by atoms with Gasteiger partial charge in [-0.2, -0.15) is 0 Å². The van der Waals surface area contributed by atoms with E-state index in [0.717, 1.165) is 36.3 Å². The second kappa shape index (κ2) is 7.73. The van der Waals surface area contributed by atoms with Crippen molar-refractivity contribution in [3.63, 3.8) is 0 Å². The van der Waals surface area contributed by atoms with Crippen LogP contribution < -0.4 is 5.32 Å². The highest BCUT2D eigenvalue weighted by molar-refractivity contribution is 7.17. The predicted octanol–water partition coefficient (Wildman–Crippen LogP) is 2.89. The van der Waals surface area contributed by atoms with E-state index in [-0.39, 0.29) is 6.10 Å². The molecule has 3 rings (SSSR count). The van der Waals surface area contributed by atoms with Gasteiger partial charge in [-0.15, -0.1) is 11.3 Å². The molecule has 2 aromatic rings. The molecule has 0 unspecified atom stereocenters. The SMILES string of the molecule is COCCCC[C@](O)(c1cccc2ccsc12)[C@H]1CNCCO1. The van der Waals surface area contributed by atoms with E-state index < -0.39 is 5.60 Å². The van der Waals surface area contributed by atoms with Crippen molar-refractivity contribution < 1.29 is 14.6 Å². The van der Waals surface area contributed by atoms with Gasteiger partial charge in [0.25, 0.3) is 0 Å². The number of hydrogen-bond acceptors (Lipinski definition) is 5. The number of thiophene rings is 1. The molecule has 1 aromatic carbocycles. The number of morpholine rings is 1. The van der Waals surface area contributed by atoms with Crippen LogP contribution in [0, 0.1) is 0 Å². The maximum Gasteiger partial charge on any atom is 0.118 e. The van der Waals surface area contributed by atoms with Gasteiger partial charge in [0.15, 0.2) is 0 Å². The summed E-state index contributed by atoms with van der Waals surface area (Å²) in [6.07, 6.45) is 2.32. The van der Waals surface area contributed by atoms with E-state index >= 15 is 0 Å². The molecule has 0 saturated carbocycles. The fourth-order valence-corrected chi connectivity index (χ4v) is 4.31. The Morgan fingerprint density at radius 2 is 2.30 bits per heavy atom. The van der Waals surface area contributed by atoms with Crippen LogP contribution in [0.15, 0.2) is 29.6 Å². The molecule has 1 saturated heterocycles. The topological polar surface area (TPSA) is 50.7 Å². The first-order valence-electron chi connectivity index (χ1n) is 8.26. The van der Waals surface area contributed by atoms with Crippen molar-refractivity contribution in [2.24, 2.45) is 0 Å². The zero-order valence-corrected chi connectivity index (χ0v) is 14.4. The minimum absolute atomic E-state index is 0.216. The second-order valence-electron chi connectivity index (χ2n) is 6.08. The number of methoxy groups -OCH3 is 1. The lowest BCUT2D eigenvalue weighted by Gasteiger charge is -2.39. The highest BCUT2D eigenvalue weighted by Gasteiger charge is 2.41. The number of fused-ring (bicyclic) bond motifs is 1. The second-order valence-corrected chi connectivity index (χ2v) is 7.00. The first-order valence-corrected chi connectivity index (χ1v) is 9.14. The van der Waals surface area contributed by atoms with Crippen LogP contribution in [0.4, 0.5) is 0 Å². The van der Waals surface area contributed by atoms with Crippen LogP contribution in [-0.4, -0.2) is 44.6 Å². The summed E-state index contributed by atoms with van der Waals surface area (Å²) in [7, 11) is 1.72. The molecular weight excluding hydrogens is 310 g/mol. The van der Waals surface area contributed by atoms with Crippen LogP contribution in [0.5, 0.6) is 0 Å². The van der Waals surface area contributed by atoms with Crippen LogP contribution in [0.2, 0.25) is 0 Å². The minimum atomic E-state index is -0.967. The maximum atomic E-state index is 11.6. The number of ether oxygens (including phenoxy) is 2. The molecular formula is C18H25NO3S. The van der Waals surface area contributed by atoms with E-state index in [1.165, 1.54) is 5.39 Å². The van der Waals surface area contributed by atoms with Crippen LogP contribution >= 0.6 is 11.3 Å². The highest BCUT2D eigenvalue weighted by Crippen LogP contribution is 2.39. The number of nitrogens with one attached hydrogen (secondary N) is 1. The zero-order valence-electron chi connectivity index (χ0n) is 13.6. The highest BCUT2D eigenvalue weighted by atomic mass is 32.1. The van der Waals surface area contributed by atoms with Crippen LogP contribution in [-0.2, 0) is 15.1 Å². The molecule has 0 bridgehead atoms.